The van der Waals surface area contributed by atoms with Gasteiger partial charge in [-0.3, -0.25) is 0 Å². The van der Waals surface area contributed by atoms with Crippen LogP contribution in [0, 0.1) is 0 Å². The third-order valence-electron chi connectivity index (χ3n) is 3.95. The Hall–Kier alpha value is -3.07. The topological polar surface area (TPSA) is 42.2 Å². The molecule has 2 aromatic carbocycles. The van der Waals surface area contributed by atoms with Crippen molar-refractivity contribution in [1.29, 1.82) is 0 Å². The maximum atomic E-state index is 11.2. The Morgan fingerprint density at radius 3 is 2.73 bits per heavy atom. The van der Waals surface area contributed by atoms with E-state index in [1.54, 1.807) is 12.1 Å². The van der Waals surface area contributed by atoms with Crippen LogP contribution < -0.4 is 0 Å². The molecule has 106 valence electrons. The van der Waals surface area contributed by atoms with E-state index in [1.165, 1.54) is 0 Å². The molecule has 1 aromatic heterocycles. The van der Waals surface area contributed by atoms with Gasteiger partial charge in [-0.15, -0.1) is 0 Å². The summed E-state index contributed by atoms with van der Waals surface area (Å²) in [4.78, 5) is 11.2. The summed E-state index contributed by atoms with van der Waals surface area (Å²) in [5.74, 6) is -0.910. The van der Waals surface area contributed by atoms with Crippen molar-refractivity contribution in [1.82, 2.24) is 4.57 Å². The Bertz CT molecular complexity index is 961. The van der Waals surface area contributed by atoms with Crippen molar-refractivity contribution in [3.8, 4) is 11.3 Å². The molecule has 3 aromatic rings. The minimum atomic E-state index is -0.910. The van der Waals surface area contributed by atoms with E-state index < -0.39 is 5.97 Å². The fourth-order valence-electron chi connectivity index (χ4n) is 2.89. The van der Waals surface area contributed by atoms with Crippen molar-refractivity contribution in [3.05, 3.63) is 71.8 Å². The summed E-state index contributed by atoms with van der Waals surface area (Å²) in [5.41, 5.74) is 4.54. The van der Waals surface area contributed by atoms with Gasteiger partial charge in [0.15, 0.2) is 0 Å². The molecule has 0 saturated carbocycles. The van der Waals surface area contributed by atoms with Gasteiger partial charge in [0.1, 0.15) is 0 Å². The summed E-state index contributed by atoms with van der Waals surface area (Å²) in [6, 6.07) is 15.5. The van der Waals surface area contributed by atoms with E-state index in [1.807, 2.05) is 41.1 Å². The van der Waals surface area contributed by atoms with Crippen LogP contribution >= 0.6 is 0 Å². The number of allylic oxidation sites excluding steroid dienone is 2. The van der Waals surface area contributed by atoms with Crippen LogP contribution in [0.25, 0.3) is 34.4 Å². The molecule has 0 amide bonds. The van der Waals surface area contributed by atoms with Crippen molar-refractivity contribution in [2.75, 3.05) is 0 Å². The second-order valence-corrected chi connectivity index (χ2v) is 5.27. The first-order valence-electron chi connectivity index (χ1n) is 7.06. The second kappa shape index (κ2) is 4.74. The lowest BCUT2D eigenvalue weighted by atomic mass is 10.0. The molecule has 0 bridgehead atoms. The number of aromatic nitrogens is 1. The lowest BCUT2D eigenvalue weighted by molar-refractivity contribution is 0.0697. The van der Waals surface area contributed by atoms with Crippen LogP contribution in [0.5, 0.6) is 0 Å². The lowest BCUT2D eigenvalue weighted by Crippen LogP contribution is -1.97. The van der Waals surface area contributed by atoms with Gasteiger partial charge >= 0.3 is 5.97 Å². The Labute approximate surface area is 127 Å². The zero-order chi connectivity index (χ0) is 15.1. The van der Waals surface area contributed by atoms with Gasteiger partial charge in [-0.1, -0.05) is 42.5 Å². The Balaban J connectivity index is 2.07. The molecule has 0 fully saturated rings. The smallest absolute Gasteiger partial charge is 0.335 e. The van der Waals surface area contributed by atoms with Crippen LogP contribution in [0.1, 0.15) is 15.9 Å². The molecule has 0 aliphatic carbocycles. The molecule has 0 unspecified atom stereocenters. The standard InChI is InChI=1S/C19H13NO2/c21-19(22)15-9-8-14-11-18-16-7-2-1-5-13(16)6-3-4-10-20(18)17(14)12-15/h1-12H,(H,21,22)/b6-3-,10-4-. The average Bonchev–Trinajstić information content (AvgIpc) is 2.86. The van der Waals surface area contributed by atoms with Gasteiger partial charge in [0.25, 0.3) is 0 Å². The van der Waals surface area contributed by atoms with Gasteiger partial charge < -0.3 is 9.67 Å². The first-order chi connectivity index (χ1) is 10.7. The third kappa shape index (κ3) is 1.87. The Kier molecular flexibility index (Phi) is 2.73. The average molecular weight is 287 g/mol. The van der Waals surface area contributed by atoms with Gasteiger partial charge in [0.05, 0.1) is 16.8 Å². The van der Waals surface area contributed by atoms with E-state index in [-0.39, 0.29) is 0 Å². The maximum Gasteiger partial charge on any atom is 0.335 e. The number of carbonyl (C=O) groups is 1. The van der Waals surface area contributed by atoms with Crippen LogP contribution in [-0.2, 0) is 0 Å². The molecule has 1 aliphatic heterocycles. The predicted molar refractivity (Wildman–Crippen MR) is 88.7 cm³/mol. The summed E-state index contributed by atoms with van der Waals surface area (Å²) in [7, 11) is 0. The third-order valence-corrected chi connectivity index (χ3v) is 3.95. The van der Waals surface area contributed by atoms with Gasteiger partial charge in [-0.2, -0.15) is 0 Å². The molecular formula is C19H13NO2. The van der Waals surface area contributed by atoms with Crippen LogP contribution in [0.4, 0.5) is 0 Å². The highest BCUT2D eigenvalue weighted by molar-refractivity contribution is 5.97. The maximum absolute atomic E-state index is 11.2. The van der Waals surface area contributed by atoms with E-state index in [4.69, 9.17) is 0 Å². The minimum Gasteiger partial charge on any atom is -0.478 e. The molecule has 0 spiro atoms. The number of carboxylic acids is 1. The van der Waals surface area contributed by atoms with E-state index >= 15 is 0 Å². The molecule has 3 heteroatoms. The molecule has 1 aliphatic rings. The zero-order valence-corrected chi connectivity index (χ0v) is 11.7. The highest BCUT2D eigenvalue weighted by Gasteiger charge is 2.14. The number of rotatable bonds is 1. The second-order valence-electron chi connectivity index (χ2n) is 5.27. The quantitative estimate of drug-likeness (QED) is 0.715. The number of hydrogen-bond donors (Lipinski definition) is 1. The number of fused-ring (bicyclic) bond motifs is 5. The van der Waals surface area contributed by atoms with Gasteiger partial charge in [-0.05, 0) is 29.8 Å². The Morgan fingerprint density at radius 2 is 1.86 bits per heavy atom. The Morgan fingerprint density at radius 1 is 1.00 bits per heavy atom. The largest absolute Gasteiger partial charge is 0.478 e. The molecule has 0 radical (unpaired) electrons. The number of aromatic carboxylic acids is 1. The molecule has 0 saturated heterocycles. The van der Waals surface area contributed by atoms with Gasteiger partial charge in [-0.25, -0.2) is 4.79 Å². The fraction of sp³-hybridized carbons (Fsp3) is 0. The summed E-state index contributed by atoms with van der Waals surface area (Å²) < 4.78 is 2.05. The summed E-state index contributed by atoms with van der Waals surface area (Å²) in [6.07, 6.45) is 8.01. The monoisotopic (exact) mass is 287 g/mol. The first kappa shape index (κ1) is 12.7. The van der Waals surface area contributed by atoms with Crippen molar-refractivity contribution in [2.45, 2.75) is 0 Å². The normalized spacial score (nSPS) is 15.5. The van der Waals surface area contributed by atoms with Crippen LogP contribution in [0.2, 0.25) is 0 Å². The fourth-order valence-corrected chi connectivity index (χ4v) is 2.89. The molecule has 4 rings (SSSR count). The summed E-state index contributed by atoms with van der Waals surface area (Å²) in [6.45, 7) is 0. The first-order valence-corrected chi connectivity index (χ1v) is 7.06. The van der Waals surface area contributed by atoms with Crippen molar-refractivity contribution in [3.63, 3.8) is 0 Å². The molecule has 22 heavy (non-hydrogen) atoms. The van der Waals surface area contributed by atoms with Crippen LogP contribution in [0.3, 0.4) is 0 Å². The molecular weight excluding hydrogens is 274 g/mol. The van der Waals surface area contributed by atoms with E-state index in [2.05, 4.69) is 24.3 Å². The molecule has 0 atom stereocenters. The van der Waals surface area contributed by atoms with E-state index in [9.17, 15) is 9.90 Å². The van der Waals surface area contributed by atoms with E-state index in [0.29, 0.717) is 5.56 Å². The molecule has 2 heterocycles. The number of hydrogen-bond acceptors (Lipinski definition) is 1. The van der Waals surface area contributed by atoms with Crippen molar-refractivity contribution >= 4 is 29.1 Å². The van der Waals surface area contributed by atoms with Gasteiger partial charge in [0, 0.05) is 17.1 Å². The SMILES string of the molecule is O=C(O)c1ccc2cc3n(c2c1)/C=C\C=C/c1ccccc1-3. The van der Waals surface area contributed by atoms with Crippen LogP contribution in [-0.4, -0.2) is 15.6 Å². The summed E-state index contributed by atoms with van der Waals surface area (Å²) in [5, 5.41) is 10.2. The molecule has 3 nitrogen and oxygen atoms in total. The van der Waals surface area contributed by atoms with Gasteiger partial charge in [0.2, 0.25) is 0 Å². The number of carboxylic acid groups (broad SMARTS) is 1. The van der Waals surface area contributed by atoms with Crippen molar-refractivity contribution in [2.24, 2.45) is 0 Å². The van der Waals surface area contributed by atoms with E-state index in [0.717, 1.165) is 27.7 Å². The predicted octanol–water partition coefficient (Wildman–Crippen LogP) is 4.50. The van der Waals surface area contributed by atoms with Crippen LogP contribution in [0.15, 0.2) is 60.7 Å². The number of benzene rings is 2. The molecule has 1 N–H and O–H groups in total. The van der Waals surface area contributed by atoms with Crippen molar-refractivity contribution < 1.29 is 9.90 Å². The highest BCUT2D eigenvalue weighted by Crippen LogP contribution is 2.33. The highest BCUT2D eigenvalue weighted by atomic mass is 16.4. The zero-order valence-electron chi connectivity index (χ0n) is 11.7. The summed E-state index contributed by atoms with van der Waals surface area (Å²) >= 11 is 0. The lowest BCUT2D eigenvalue weighted by Gasteiger charge is -2.10. The number of nitrogens with zero attached hydrogens (tertiary/aromatic N) is 1. The minimum absolute atomic E-state index is 0.299.